The lowest BCUT2D eigenvalue weighted by Crippen LogP contribution is -2.36. The fourth-order valence-corrected chi connectivity index (χ4v) is 4.06. The molecule has 0 aliphatic heterocycles. The molecule has 2 aromatic carbocycles. The van der Waals surface area contributed by atoms with Gasteiger partial charge in [-0.2, -0.15) is 0 Å². The Morgan fingerprint density at radius 3 is 2.30 bits per heavy atom. The third kappa shape index (κ3) is 4.11. The van der Waals surface area contributed by atoms with Crippen molar-refractivity contribution in [2.24, 2.45) is 0 Å². The number of esters is 1. The average Bonchev–Trinajstić information content (AvgIpc) is 2.54. The molecule has 0 radical (unpaired) electrons. The molecule has 0 unspecified atom stereocenters. The fourth-order valence-electron chi connectivity index (χ4n) is 2.00. The van der Waals surface area contributed by atoms with Crippen LogP contribution in [0.25, 0.3) is 0 Å². The van der Waals surface area contributed by atoms with Gasteiger partial charge >= 0.3 is 5.97 Å². The quantitative estimate of drug-likeness (QED) is 0.701. The summed E-state index contributed by atoms with van der Waals surface area (Å²) in [7, 11) is -3.89. The second-order valence-electron chi connectivity index (χ2n) is 4.58. The van der Waals surface area contributed by atoms with Crippen LogP contribution >= 0.6 is 15.9 Å². The van der Waals surface area contributed by atoms with Gasteiger partial charge in [0, 0.05) is 4.47 Å². The van der Waals surface area contributed by atoms with E-state index in [9.17, 15) is 13.2 Å². The normalized spacial score (nSPS) is 11.0. The van der Waals surface area contributed by atoms with Gasteiger partial charge in [0.2, 0.25) is 0 Å². The number of ether oxygens (including phenoxy) is 1. The van der Waals surface area contributed by atoms with Gasteiger partial charge in [-0.25, -0.2) is 8.42 Å². The van der Waals surface area contributed by atoms with Crippen LogP contribution in [0.1, 0.15) is 6.92 Å². The number of sulfonamides is 1. The average molecular weight is 398 g/mol. The van der Waals surface area contributed by atoms with E-state index in [0.29, 0.717) is 10.2 Å². The van der Waals surface area contributed by atoms with Gasteiger partial charge in [0.1, 0.15) is 6.54 Å². The second-order valence-corrected chi connectivity index (χ2v) is 7.30. The predicted molar refractivity (Wildman–Crippen MR) is 91.7 cm³/mol. The van der Waals surface area contributed by atoms with Crippen molar-refractivity contribution < 1.29 is 17.9 Å². The molecule has 122 valence electrons. The zero-order valence-corrected chi connectivity index (χ0v) is 14.9. The molecule has 5 nitrogen and oxygen atoms in total. The molecule has 0 saturated heterocycles. The third-order valence-electron chi connectivity index (χ3n) is 3.03. The first-order chi connectivity index (χ1) is 11.0. The highest BCUT2D eigenvalue weighted by molar-refractivity contribution is 9.10. The molecule has 0 bridgehead atoms. The topological polar surface area (TPSA) is 63.7 Å². The summed E-state index contributed by atoms with van der Waals surface area (Å²) in [6.45, 7) is 1.47. The van der Waals surface area contributed by atoms with Crippen LogP contribution in [-0.4, -0.2) is 27.5 Å². The predicted octanol–water partition coefficient (Wildman–Crippen LogP) is 3.21. The van der Waals surface area contributed by atoms with Gasteiger partial charge in [-0.1, -0.05) is 30.3 Å². The smallest absolute Gasteiger partial charge is 0.326 e. The van der Waals surface area contributed by atoms with E-state index in [4.69, 9.17) is 4.74 Å². The van der Waals surface area contributed by atoms with Crippen LogP contribution < -0.4 is 4.31 Å². The largest absolute Gasteiger partial charge is 0.465 e. The lowest BCUT2D eigenvalue weighted by Gasteiger charge is -2.24. The Morgan fingerprint density at radius 2 is 1.70 bits per heavy atom. The standard InChI is InChI=1S/C16H16BrNO4S/c1-2-22-16(19)12-18(15-11-7-6-10-14(15)17)23(20,21)13-8-4-3-5-9-13/h3-11H,2,12H2,1H3. The van der Waals surface area contributed by atoms with Crippen molar-refractivity contribution in [3.63, 3.8) is 0 Å². The van der Waals surface area contributed by atoms with Crippen molar-refractivity contribution >= 4 is 37.6 Å². The van der Waals surface area contributed by atoms with E-state index in [1.165, 1.54) is 12.1 Å². The first-order valence-corrected chi connectivity index (χ1v) is 9.18. The van der Waals surface area contributed by atoms with Gasteiger partial charge in [0.25, 0.3) is 10.0 Å². The fraction of sp³-hybridized carbons (Fsp3) is 0.188. The molecule has 0 atom stereocenters. The van der Waals surface area contributed by atoms with Crippen LogP contribution in [0.4, 0.5) is 5.69 Å². The zero-order valence-electron chi connectivity index (χ0n) is 12.5. The van der Waals surface area contributed by atoms with Gasteiger partial charge in [-0.15, -0.1) is 0 Å². The van der Waals surface area contributed by atoms with E-state index in [0.717, 1.165) is 4.31 Å². The summed E-state index contributed by atoms with van der Waals surface area (Å²) in [5, 5.41) is 0. The number of rotatable bonds is 6. The SMILES string of the molecule is CCOC(=O)CN(c1ccccc1Br)S(=O)(=O)c1ccccc1. The molecule has 0 heterocycles. The van der Waals surface area contributed by atoms with Crippen LogP contribution in [0.3, 0.4) is 0 Å². The van der Waals surface area contributed by atoms with E-state index >= 15 is 0 Å². The summed E-state index contributed by atoms with van der Waals surface area (Å²) in [6, 6.07) is 14.8. The van der Waals surface area contributed by atoms with Crippen molar-refractivity contribution in [3.05, 3.63) is 59.1 Å². The number of benzene rings is 2. The Labute approximate surface area is 144 Å². The molecular formula is C16H16BrNO4S. The maximum absolute atomic E-state index is 12.9. The summed E-state index contributed by atoms with van der Waals surface area (Å²) in [4.78, 5) is 12.0. The molecule has 0 amide bonds. The minimum Gasteiger partial charge on any atom is -0.465 e. The van der Waals surface area contributed by atoms with E-state index in [1.54, 1.807) is 49.4 Å². The van der Waals surface area contributed by atoms with Crippen molar-refractivity contribution in [3.8, 4) is 0 Å². The van der Waals surface area contributed by atoms with Crippen molar-refractivity contribution in [2.45, 2.75) is 11.8 Å². The van der Waals surface area contributed by atoms with Crippen LogP contribution in [0, 0.1) is 0 Å². The number of hydrogen-bond donors (Lipinski definition) is 0. The molecule has 0 N–H and O–H groups in total. The number of halogens is 1. The summed E-state index contributed by atoms with van der Waals surface area (Å²) < 4.78 is 32.4. The van der Waals surface area contributed by atoms with Crippen molar-refractivity contribution in [1.29, 1.82) is 0 Å². The van der Waals surface area contributed by atoms with Crippen LogP contribution in [0.5, 0.6) is 0 Å². The number of carbonyl (C=O) groups excluding carboxylic acids is 1. The van der Waals surface area contributed by atoms with Crippen molar-refractivity contribution in [1.82, 2.24) is 0 Å². The molecule has 0 aliphatic carbocycles. The van der Waals surface area contributed by atoms with Crippen LogP contribution in [-0.2, 0) is 19.6 Å². The highest BCUT2D eigenvalue weighted by atomic mass is 79.9. The molecule has 0 saturated carbocycles. The summed E-state index contributed by atoms with van der Waals surface area (Å²) in [5.74, 6) is -0.609. The molecule has 23 heavy (non-hydrogen) atoms. The maximum atomic E-state index is 12.9. The Bertz CT molecular complexity index is 778. The number of hydrogen-bond acceptors (Lipinski definition) is 4. The second kappa shape index (κ2) is 7.61. The highest BCUT2D eigenvalue weighted by Gasteiger charge is 2.28. The zero-order chi connectivity index (χ0) is 16.9. The monoisotopic (exact) mass is 397 g/mol. The van der Waals surface area contributed by atoms with Crippen molar-refractivity contribution in [2.75, 3.05) is 17.5 Å². The Balaban J connectivity index is 2.50. The molecule has 7 heteroatoms. The Kier molecular flexibility index (Phi) is 5.79. The Morgan fingerprint density at radius 1 is 1.09 bits per heavy atom. The number of nitrogens with zero attached hydrogens (tertiary/aromatic N) is 1. The molecule has 2 aromatic rings. The first-order valence-electron chi connectivity index (χ1n) is 6.94. The minimum atomic E-state index is -3.89. The molecule has 0 spiro atoms. The molecule has 2 rings (SSSR count). The van der Waals surface area contributed by atoms with Gasteiger partial charge in [-0.05, 0) is 47.1 Å². The Hall–Kier alpha value is -1.86. The number of anilines is 1. The number of carbonyl (C=O) groups is 1. The summed E-state index contributed by atoms with van der Waals surface area (Å²) in [6.07, 6.45) is 0. The number of para-hydroxylation sites is 1. The van der Waals surface area contributed by atoms with Gasteiger partial charge < -0.3 is 4.74 Å². The molecule has 0 fully saturated rings. The van der Waals surface area contributed by atoms with E-state index < -0.39 is 22.5 Å². The summed E-state index contributed by atoms with van der Waals surface area (Å²) >= 11 is 3.33. The van der Waals surface area contributed by atoms with Gasteiger partial charge in [-0.3, -0.25) is 9.10 Å². The minimum absolute atomic E-state index is 0.111. The van der Waals surface area contributed by atoms with Crippen LogP contribution in [0.2, 0.25) is 0 Å². The third-order valence-corrected chi connectivity index (χ3v) is 5.47. The van der Waals surface area contributed by atoms with E-state index in [1.807, 2.05) is 0 Å². The lowest BCUT2D eigenvalue weighted by molar-refractivity contribution is -0.141. The molecular weight excluding hydrogens is 382 g/mol. The van der Waals surface area contributed by atoms with Crippen LogP contribution in [0.15, 0.2) is 64.0 Å². The molecule has 0 aromatic heterocycles. The van der Waals surface area contributed by atoms with Gasteiger partial charge in [0.15, 0.2) is 0 Å². The molecule has 0 aliphatic rings. The maximum Gasteiger partial charge on any atom is 0.326 e. The van der Waals surface area contributed by atoms with Gasteiger partial charge in [0.05, 0.1) is 17.2 Å². The summed E-state index contributed by atoms with van der Waals surface area (Å²) in [5.41, 5.74) is 0.379. The lowest BCUT2D eigenvalue weighted by atomic mass is 10.3. The van der Waals surface area contributed by atoms with E-state index in [-0.39, 0.29) is 11.5 Å². The van der Waals surface area contributed by atoms with E-state index in [2.05, 4.69) is 15.9 Å². The highest BCUT2D eigenvalue weighted by Crippen LogP contribution is 2.30. The first kappa shape index (κ1) is 17.5.